The van der Waals surface area contributed by atoms with Crippen LogP contribution in [0.1, 0.15) is 61.4 Å². The van der Waals surface area contributed by atoms with Crippen molar-refractivity contribution in [2.75, 3.05) is 6.54 Å². The predicted octanol–water partition coefficient (Wildman–Crippen LogP) is 3.83. The summed E-state index contributed by atoms with van der Waals surface area (Å²) in [5, 5.41) is 3.59. The molecule has 21 heavy (non-hydrogen) atoms. The number of hydrogen-bond acceptors (Lipinski definition) is 3. The summed E-state index contributed by atoms with van der Waals surface area (Å²) in [5.74, 6) is 0.792. The lowest BCUT2D eigenvalue weighted by molar-refractivity contribution is 0.419. The second-order valence-electron chi connectivity index (χ2n) is 5.82. The largest absolute Gasteiger partial charge is 0.305 e. The molecule has 1 aromatic carbocycles. The SMILES string of the molecule is CCCNC(c1ccc(C2CCC2)cc1)c1ccncn1. The van der Waals surface area contributed by atoms with E-state index in [1.807, 2.05) is 12.3 Å². The van der Waals surface area contributed by atoms with Crippen LogP contribution in [0.2, 0.25) is 0 Å². The minimum atomic E-state index is 0.156. The molecule has 1 aliphatic carbocycles. The van der Waals surface area contributed by atoms with Crippen LogP contribution in [0.4, 0.5) is 0 Å². The van der Waals surface area contributed by atoms with Gasteiger partial charge in [0.2, 0.25) is 0 Å². The first-order valence-electron chi connectivity index (χ1n) is 7.97. The molecule has 1 fully saturated rings. The molecule has 1 atom stereocenters. The first kappa shape index (κ1) is 14.2. The molecular weight excluding hydrogens is 258 g/mol. The molecule has 0 saturated heterocycles. The highest BCUT2D eigenvalue weighted by molar-refractivity contribution is 5.32. The Balaban J connectivity index is 1.81. The molecule has 2 aromatic rings. The van der Waals surface area contributed by atoms with Crippen LogP contribution in [-0.2, 0) is 0 Å². The van der Waals surface area contributed by atoms with Crippen LogP contribution in [0, 0.1) is 0 Å². The Labute approximate surface area is 126 Å². The van der Waals surface area contributed by atoms with Gasteiger partial charge in [-0.05, 0) is 48.9 Å². The summed E-state index contributed by atoms with van der Waals surface area (Å²) in [6.07, 6.45) is 8.63. The lowest BCUT2D eigenvalue weighted by atomic mass is 9.80. The zero-order valence-electron chi connectivity index (χ0n) is 12.6. The molecule has 1 aliphatic rings. The van der Waals surface area contributed by atoms with Gasteiger partial charge in [-0.1, -0.05) is 37.6 Å². The molecule has 3 heteroatoms. The maximum atomic E-state index is 4.42. The quantitative estimate of drug-likeness (QED) is 0.874. The van der Waals surface area contributed by atoms with Gasteiger partial charge in [0, 0.05) is 6.20 Å². The van der Waals surface area contributed by atoms with E-state index in [-0.39, 0.29) is 6.04 Å². The van der Waals surface area contributed by atoms with E-state index in [9.17, 15) is 0 Å². The molecule has 1 N–H and O–H groups in total. The molecule has 0 radical (unpaired) electrons. The Morgan fingerprint density at radius 3 is 2.57 bits per heavy atom. The molecule has 0 bridgehead atoms. The van der Waals surface area contributed by atoms with Crippen molar-refractivity contribution in [3.8, 4) is 0 Å². The Morgan fingerprint density at radius 2 is 2.00 bits per heavy atom. The van der Waals surface area contributed by atoms with Crippen LogP contribution in [0.5, 0.6) is 0 Å². The maximum Gasteiger partial charge on any atom is 0.115 e. The molecule has 3 rings (SSSR count). The number of hydrogen-bond donors (Lipinski definition) is 1. The summed E-state index contributed by atoms with van der Waals surface area (Å²) >= 11 is 0. The van der Waals surface area contributed by atoms with Crippen molar-refractivity contribution in [3.63, 3.8) is 0 Å². The molecule has 0 aliphatic heterocycles. The van der Waals surface area contributed by atoms with Gasteiger partial charge in [-0.3, -0.25) is 0 Å². The van der Waals surface area contributed by atoms with Crippen molar-refractivity contribution in [2.45, 2.75) is 44.6 Å². The third-order valence-electron chi connectivity index (χ3n) is 4.35. The highest BCUT2D eigenvalue weighted by Crippen LogP contribution is 2.36. The van der Waals surface area contributed by atoms with Crippen molar-refractivity contribution in [1.29, 1.82) is 0 Å². The van der Waals surface area contributed by atoms with Gasteiger partial charge in [-0.15, -0.1) is 0 Å². The summed E-state index contributed by atoms with van der Waals surface area (Å²) in [5.41, 5.74) is 3.81. The van der Waals surface area contributed by atoms with Crippen molar-refractivity contribution >= 4 is 0 Å². The minimum Gasteiger partial charge on any atom is -0.305 e. The van der Waals surface area contributed by atoms with Gasteiger partial charge in [-0.2, -0.15) is 0 Å². The Kier molecular flexibility index (Phi) is 4.61. The molecule has 1 unspecified atom stereocenters. The number of nitrogens with zero attached hydrogens (tertiary/aromatic N) is 2. The van der Waals surface area contributed by atoms with Crippen LogP contribution < -0.4 is 5.32 Å². The number of benzene rings is 1. The topological polar surface area (TPSA) is 37.8 Å². The Bertz CT molecular complexity index is 546. The summed E-state index contributed by atoms with van der Waals surface area (Å²) < 4.78 is 0. The lowest BCUT2D eigenvalue weighted by Gasteiger charge is -2.26. The molecule has 1 saturated carbocycles. The molecule has 3 nitrogen and oxygen atoms in total. The first-order chi connectivity index (χ1) is 10.4. The third-order valence-corrected chi connectivity index (χ3v) is 4.35. The van der Waals surface area contributed by atoms with Crippen molar-refractivity contribution in [3.05, 3.63) is 59.7 Å². The number of nitrogens with one attached hydrogen (secondary N) is 1. The number of rotatable bonds is 6. The smallest absolute Gasteiger partial charge is 0.115 e. The van der Waals surface area contributed by atoms with Crippen molar-refractivity contribution < 1.29 is 0 Å². The van der Waals surface area contributed by atoms with E-state index in [4.69, 9.17) is 0 Å². The van der Waals surface area contributed by atoms with Gasteiger partial charge in [0.1, 0.15) is 6.33 Å². The Hall–Kier alpha value is -1.74. The van der Waals surface area contributed by atoms with E-state index < -0.39 is 0 Å². The molecule has 110 valence electrons. The normalized spacial score (nSPS) is 16.4. The van der Waals surface area contributed by atoms with Crippen LogP contribution in [0.3, 0.4) is 0 Å². The van der Waals surface area contributed by atoms with Crippen LogP contribution in [-0.4, -0.2) is 16.5 Å². The molecule has 1 heterocycles. The Morgan fingerprint density at radius 1 is 1.19 bits per heavy atom. The highest BCUT2D eigenvalue weighted by atomic mass is 14.9. The van der Waals surface area contributed by atoms with Crippen LogP contribution in [0.15, 0.2) is 42.9 Å². The van der Waals surface area contributed by atoms with E-state index in [0.29, 0.717) is 0 Å². The predicted molar refractivity (Wildman–Crippen MR) is 85.2 cm³/mol. The monoisotopic (exact) mass is 281 g/mol. The van der Waals surface area contributed by atoms with Crippen molar-refractivity contribution in [1.82, 2.24) is 15.3 Å². The summed E-state index contributed by atoms with van der Waals surface area (Å²) in [6.45, 7) is 3.17. The van der Waals surface area contributed by atoms with Gasteiger partial charge in [0.15, 0.2) is 0 Å². The van der Waals surface area contributed by atoms with Crippen molar-refractivity contribution in [2.24, 2.45) is 0 Å². The maximum absolute atomic E-state index is 4.42. The fraction of sp³-hybridized carbons (Fsp3) is 0.444. The first-order valence-corrected chi connectivity index (χ1v) is 7.97. The second kappa shape index (κ2) is 6.81. The molecule has 0 amide bonds. The van der Waals surface area contributed by atoms with E-state index in [1.54, 1.807) is 6.33 Å². The number of aromatic nitrogens is 2. The van der Waals surface area contributed by atoms with E-state index in [0.717, 1.165) is 24.6 Å². The molecule has 0 spiro atoms. The van der Waals surface area contributed by atoms with Gasteiger partial charge in [0.05, 0.1) is 11.7 Å². The average Bonchev–Trinajstić information content (AvgIpc) is 2.49. The van der Waals surface area contributed by atoms with E-state index >= 15 is 0 Å². The summed E-state index contributed by atoms with van der Waals surface area (Å²) in [4.78, 5) is 8.44. The fourth-order valence-electron chi connectivity index (χ4n) is 2.86. The van der Waals surface area contributed by atoms with Gasteiger partial charge in [-0.25, -0.2) is 9.97 Å². The van der Waals surface area contributed by atoms with Crippen LogP contribution >= 0.6 is 0 Å². The zero-order chi connectivity index (χ0) is 14.5. The van der Waals surface area contributed by atoms with Gasteiger partial charge in [0.25, 0.3) is 0 Å². The van der Waals surface area contributed by atoms with Gasteiger partial charge < -0.3 is 5.32 Å². The average molecular weight is 281 g/mol. The lowest BCUT2D eigenvalue weighted by Crippen LogP contribution is -2.24. The van der Waals surface area contributed by atoms with E-state index in [1.165, 1.54) is 30.4 Å². The molecular formula is C18H23N3. The third kappa shape index (κ3) is 3.30. The minimum absolute atomic E-state index is 0.156. The summed E-state index contributed by atoms with van der Waals surface area (Å²) in [7, 11) is 0. The second-order valence-corrected chi connectivity index (χ2v) is 5.82. The highest BCUT2D eigenvalue weighted by Gasteiger charge is 2.20. The van der Waals surface area contributed by atoms with Crippen LogP contribution in [0.25, 0.3) is 0 Å². The van der Waals surface area contributed by atoms with Gasteiger partial charge >= 0.3 is 0 Å². The summed E-state index contributed by atoms with van der Waals surface area (Å²) in [6, 6.07) is 11.2. The molecule has 1 aromatic heterocycles. The standard InChI is InChI=1S/C18H23N3/c1-2-11-20-18(17-10-12-19-13-21-17)16-8-6-15(7-9-16)14-4-3-5-14/h6-10,12-14,18,20H,2-5,11H2,1H3. The fourth-order valence-corrected chi connectivity index (χ4v) is 2.86. The van der Waals surface area contributed by atoms with E-state index in [2.05, 4.69) is 46.5 Å². The zero-order valence-corrected chi connectivity index (χ0v) is 12.6.